The smallest absolute Gasteiger partial charge is 0.276 e. The quantitative estimate of drug-likeness (QED) is 0.763. The Hall–Kier alpha value is -2.65. The molecule has 0 atom stereocenters. The van der Waals surface area contributed by atoms with Crippen LogP contribution in [-0.4, -0.2) is 32.4 Å². The summed E-state index contributed by atoms with van der Waals surface area (Å²) in [7, 11) is 1.72. The van der Waals surface area contributed by atoms with Gasteiger partial charge in [-0.2, -0.15) is 5.10 Å². The van der Waals surface area contributed by atoms with E-state index in [-0.39, 0.29) is 18.2 Å². The second-order valence-corrected chi connectivity index (χ2v) is 3.65. The molecule has 0 saturated carbocycles. The molecule has 2 rings (SSSR count). The number of pyridine rings is 1. The molecule has 6 heteroatoms. The normalized spacial score (nSPS) is 9.58. The topological polar surface area (TPSA) is 80.0 Å². The zero-order chi connectivity index (χ0) is 13.7. The number of aryl methyl sites for hydroxylation is 1. The third-order valence-corrected chi connectivity index (χ3v) is 2.39. The van der Waals surface area contributed by atoms with E-state index in [2.05, 4.69) is 27.2 Å². The van der Waals surface area contributed by atoms with Crippen LogP contribution in [0.5, 0.6) is 0 Å². The molecule has 2 aromatic rings. The number of aromatic nitrogens is 3. The zero-order valence-corrected chi connectivity index (χ0v) is 10.3. The Balaban J connectivity index is 2.26. The molecular formula is C13H12N4O2. The Morgan fingerprint density at radius 2 is 2.32 bits per heavy atom. The van der Waals surface area contributed by atoms with E-state index in [1.165, 1.54) is 6.20 Å². The number of aliphatic hydroxyl groups is 1. The van der Waals surface area contributed by atoms with Crippen molar-refractivity contribution in [3.63, 3.8) is 0 Å². The molecule has 2 aromatic heterocycles. The Morgan fingerprint density at radius 1 is 1.47 bits per heavy atom. The van der Waals surface area contributed by atoms with Crippen LogP contribution < -0.4 is 5.32 Å². The maximum absolute atomic E-state index is 12.1. The largest absolute Gasteiger partial charge is 0.384 e. The molecule has 0 aliphatic heterocycles. The first-order valence-electron chi connectivity index (χ1n) is 5.56. The van der Waals surface area contributed by atoms with Gasteiger partial charge in [-0.15, -0.1) is 0 Å². The van der Waals surface area contributed by atoms with Crippen molar-refractivity contribution in [1.29, 1.82) is 0 Å². The van der Waals surface area contributed by atoms with E-state index in [1.807, 2.05) is 0 Å². The summed E-state index contributed by atoms with van der Waals surface area (Å²) in [4.78, 5) is 16.1. The summed E-state index contributed by atoms with van der Waals surface area (Å²) in [6, 6.07) is 5.04. The second-order valence-electron chi connectivity index (χ2n) is 3.65. The maximum atomic E-state index is 12.1. The maximum Gasteiger partial charge on any atom is 0.276 e. The molecular weight excluding hydrogens is 244 g/mol. The number of nitrogens with zero attached hydrogens (tertiary/aromatic N) is 3. The first kappa shape index (κ1) is 12.8. The summed E-state index contributed by atoms with van der Waals surface area (Å²) in [5, 5.41) is 15.3. The van der Waals surface area contributed by atoms with Gasteiger partial charge >= 0.3 is 0 Å². The van der Waals surface area contributed by atoms with Gasteiger partial charge in [0.2, 0.25) is 0 Å². The van der Waals surface area contributed by atoms with Crippen LogP contribution in [0.3, 0.4) is 0 Å². The molecule has 2 N–H and O–H groups in total. The van der Waals surface area contributed by atoms with Gasteiger partial charge in [-0.25, -0.2) is 4.98 Å². The number of anilines is 1. The first-order valence-corrected chi connectivity index (χ1v) is 5.56. The summed E-state index contributed by atoms with van der Waals surface area (Å²) in [5.41, 5.74) is 0.681. The summed E-state index contributed by atoms with van der Waals surface area (Å²) in [6.07, 6.45) is 3.10. The lowest BCUT2D eigenvalue weighted by molar-refractivity contribution is 0.102. The predicted octanol–water partition coefficient (Wildman–Crippen LogP) is 0.411. The number of nitrogens with one attached hydrogen (secondary N) is 1. The highest BCUT2D eigenvalue weighted by molar-refractivity contribution is 6.04. The molecule has 2 heterocycles. The summed E-state index contributed by atoms with van der Waals surface area (Å²) in [6.45, 7) is -0.266. The summed E-state index contributed by atoms with van der Waals surface area (Å²) in [5.74, 6) is 5.39. The molecule has 96 valence electrons. The van der Waals surface area contributed by atoms with Crippen molar-refractivity contribution in [2.75, 3.05) is 11.9 Å². The molecule has 6 nitrogen and oxygen atoms in total. The fraction of sp³-hybridized carbons (Fsp3) is 0.154. The molecule has 0 aromatic carbocycles. The minimum Gasteiger partial charge on any atom is -0.384 e. The van der Waals surface area contributed by atoms with Crippen molar-refractivity contribution in [2.45, 2.75) is 0 Å². The monoisotopic (exact) mass is 256 g/mol. The van der Waals surface area contributed by atoms with Crippen LogP contribution in [0.4, 0.5) is 5.82 Å². The fourth-order valence-electron chi connectivity index (χ4n) is 1.49. The highest BCUT2D eigenvalue weighted by Crippen LogP contribution is 2.09. The van der Waals surface area contributed by atoms with Crippen LogP contribution >= 0.6 is 0 Å². The van der Waals surface area contributed by atoms with Gasteiger partial charge in [0.15, 0.2) is 0 Å². The van der Waals surface area contributed by atoms with Gasteiger partial charge < -0.3 is 10.4 Å². The number of amides is 1. The van der Waals surface area contributed by atoms with Crippen molar-refractivity contribution in [3.05, 3.63) is 41.9 Å². The molecule has 0 saturated heterocycles. The molecule has 19 heavy (non-hydrogen) atoms. The highest BCUT2D eigenvalue weighted by atomic mass is 16.2. The number of hydrogen-bond acceptors (Lipinski definition) is 4. The molecule has 0 unspecified atom stereocenters. The SMILES string of the molecule is Cn1nccc1NC(=O)c1ncccc1C#CCO. The molecule has 0 bridgehead atoms. The van der Waals surface area contributed by atoms with Crippen molar-refractivity contribution in [1.82, 2.24) is 14.8 Å². The van der Waals surface area contributed by atoms with E-state index in [9.17, 15) is 4.79 Å². The molecule has 0 aliphatic rings. The molecule has 0 spiro atoms. The van der Waals surface area contributed by atoms with E-state index in [0.29, 0.717) is 11.4 Å². The van der Waals surface area contributed by atoms with Crippen LogP contribution in [0.25, 0.3) is 0 Å². The van der Waals surface area contributed by atoms with E-state index < -0.39 is 0 Å². The Kier molecular flexibility index (Phi) is 3.90. The van der Waals surface area contributed by atoms with Gasteiger partial charge in [0.05, 0.1) is 11.8 Å². The van der Waals surface area contributed by atoms with Crippen LogP contribution in [-0.2, 0) is 7.05 Å². The summed E-state index contributed by atoms with van der Waals surface area (Å²) >= 11 is 0. The van der Waals surface area contributed by atoms with Gasteiger partial charge in [0.1, 0.15) is 18.1 Å². The van der Waals surface area contributed by atoms with E-state index in [4.69, 9.17) is 5.11 Å². The first-order chi connectivity index (χ1) is 9.22. The Bertz CT molecular complexity index is 652. The average Bonchev–Trinajstić information content (AvgIpc) is 2.82. The van der Waals surface area contributed by atoms with E-state index >= 15 is 0 Å². The lowest BCUT2D eigenvalue weighted by Crippen LogP contribution is -2.17. The van der Waals surface area contributed by atoms with Crippen molar-refractivity contribution >= 4 is 11.7 Å². The van der Waals surface area contributed by atoms with Gasteiger partial charge in [-0.3, -0.25) is 9.48 Å². The number of carbonyl (C=O) groups is 1. The lowest BCUT2D eigenvalue weighted by atomic mass is 10.2. The van der Waals surface area contributed by atoms with Crippen LogP contribution in [0.1, 0.15) is 16.1 Å². The zero-order valence-electron chi connectivity index (χ0n) is 10.3. The molecule has 1 amide bonds. The Morgan fingerprint density at radius 3 is 3.00 bits per heavy atom. The van der Waals surface area contributed by atoms with Gasteiger partial charge in [0.25, 0.3) is 5.91 Å². The lowest BCUT2D eigenvalue weighted by Gasteiger charge is -2.05. The third kappa shape index (κ3) is 2.97. The van der Waals surface area contributed by atoms with Crippen molar-refractivity contribution in [2.24, 2.45) is 7.05 Å². The van der Waals surface area contributed by atoms with Gasteiger partial charge in [0, 0.05) is 19.3 Å². The predicted molar refractivity (Wildman–Crippen MR) is 69.4 cm³/mol. The van der Waals surface area contributed by atoms with E-state index in [1.54, 1.807) is 36.1 Å². The highest BCUT2D eigenvalue weighted by Gasteiger charge is 2.13. The number of aliphatic hydroxyl groups excluding tert-OH is 1. The van der Waals surface area contributed by atoms with Crippen molar-refractivity contribution < 1.29 is 9.90 Å². The standard InChI is InChI=1S/C13H12N4O2/c1-17-11(6-8-15-17)16-13(19)12-10(5-3-9-18)4-2-7-14-12/h2,4,6-8,18H,9H2,1H3,(H,16,19). The summed E-state index contributed by atoms with van der Waals surface area (Å²) < 4.78 is 1.54. The number of rotatable bonds is 2. The molecule has 0 radical (unpaired) electrons. The van der Waals surface area contributed by atoms with Crippen molar-refractivity contribution in [3.8, 4) is 11.8 Å². The Labute approximate surface area is 110 Å². The third-order valence-electron chi connectivity index (χ3n) is 2.39. The number of hydrogen-bond donors (Lipinski definition) is 2. The minimum atomic E-state index is -0.369. The fourth-order valence-corrected chi connectivity index (χ4v) is 1.49. The van der Waals surface area contributed by atoms with Gasteiger partial charge in [-0.1, -0.05) is 11.8 Å². The molecule has 0 fully saturated rings. The van der Waals surface area contributed by atoms with Crippen LogP contribution in [0, 0.1) is 11.8 Å². The van der Waals surface area contributed by atoms with E-state index in [0.717, 1.165) is 0 Å². The second kappa shape index (κ2) is 5.80. The minimum absolute atomic E-state index is 0.213. The average molecular weight is 256 g/mol. The van der Waals surface area contributed by atoms with Crippen LogP contribution in [0.2, 0.25) is 0 Å². The molecule has 0 aliphatic carbocycles. The van der Waals surface area contributed by atoms with Gasteiger partial charge in [-0.05, 0) is 12.1 Å². The number of carbonyl (C=O) groups excluding carboxylic acids is 1. The van der Waals surface area contributed by atoms with Crippen LogP contribution in [0.15, 0.2) is 30.6 Å².